The Bertz CT molecular complexity index is 152. The zero-order valence-electron chi connectivity index (χ0n) is 9.67. The number of hydrogen-bond donors (Lipinski definition) is 1. The molecular weight excluding hydrogens is 212 g/mol. The van der Waals surface area contributed by atoms with Crippen LogP contribution in [0.2, 0.25) is 0 Å². The van der Waals surface area contributed by atoms with Gasteiger partial charge in [0.15, 0.2) is 0 Å². The van der Waals surface area contributed by atoms with Gasteiger partial charge in [-0.15, -0.1) is 11.6 Å². The Morgan fingerprint density at radius 2 is 2.13 bits per heavy atom. The van der Waals surface area contributed by atoms with Gasteiger partial charge in [0.1, 0.15) is 0 Å². The zero-order valence-corrected chi connectivity index (χ0v) is 10.4. The molecule has 1 saturated heterocycles. The van der Waals surface area contributed by atoms with Crippen LogP contribution in [0, 0.1) is 0 Å². The van der Waals surface area contributed by atoms with Gasteiger partial charge in [0.25, 0.3) is 0 Å². The third-order valence-electron chi connectivity index (χ3n) is 2.74. The highest BCUT2D eigenvalue weighted by molar-refractivity contribution is 6.20. The molecule has 90 valence electrons. The van der Waals surface area contributed by atoms with Crippen LogP contribution in [0.5, 0.6) is 0 Å². The van der Waals surface area contributed by atoms with E-state index in [2.05, 4.69) is 10.2 Å². The summed E-state index contributed by atoms with van der Waals surface area (Å²) in [5.74, 6) is 0. The van der Waals surface area contributed by atoms with E-state index < -0.39 is 0 Å². The van der Waals surface area contributed by atoms with Crippen molar-refractivity contribution in [3.05, 3.63) is 0 Å². The minimum absolute atomic E-state index is 0.0989. The van der Waals surface area contributed by atoms with Crippen molar-refractivity contribution >= 4 is 11.6 Å². The summed E-state index contributed by atoms with van der Waals surface area (Å²) in [5.41, 5.74) is 0. The summed E-state index contributed by atoms with van der Waals surface area (Å²) in [6.07, 6.45) is 3.98. The molecule has 15 heavy (non-hydrogen) atoms. The molecule has 1 N–H and O–H groups in total. The van der Waals surface area contributed by atoms with E-state index in [1.165, 1.54) is 38.9 Å². The van der Waals surface area contributed by atoms with Crippen LogP contribution in [0.25, 0.3) is 0 Å². The second-order valence-electron chi connectivity index (χ2n) is 4.16. The molecule has 1 unspecified atom stereocenters. The molecule has 0 aromatic rings. The lowest BCUT2D eigenvalue weighted by molar-refractivity contribution is 0.196. The van der Waals surface area contributed by atoms with Crippen LogP contribution >= 0.6 is 11.6 Å². The van der Waals surface area contributed by atoms with E-state index in [1.807, 2.05) is 0 Å². The number of nitrogens with zero attached hydrogens (tertiary/aromatic N) is 1. The average Bonchev–Trinajstić information content (AvgIpc) is 2.70. The number of nitrogens with one attached hydrogen (secondary N) is 1. The summed E-state index contributed by atoms with van der Waals surface area (Å²) >= 11 is 5.99. The van der Waals surface area contributed by atoms with E-state index in [0.717, 1.165) is 13.1 Å². The smallest absolute Gasteiger partial charge is 0.0693 e. The second-order valence-corrected chi connectivity index (χ2v) is 4.78. The number of alkyl halides is 1. The van der Waals surface area contributed by atoms with E-state index in [1.54, 1.807) is 7.11 Å². The van der Waals surface area contributed by atoms with E-state index in [4.69, 9.17) is 16.3 Å². The average molecular weight is 235 g/mol. The van der Waals surface area contributed by atoms with Crippen LogP contribution in [0.3, 0.4) is 0 Å². The van der Waals surface area contributed by atoms with Crippen LogP contribution in [0.15, 0.2) is 0 Å². The molecule has 1 aliphatic heterocycles. The van der Waals surface area contributed by atoms with Crippen LogP contribution in [0.1, 0.15) is 19.3 Å². The Morgan fingerprint density at radius 1 is 1.40 bits per heavy atom. The summed E-state index contributed by atoms with van der Waals surface area (Å²) in [5, 5.41) is 3.45. The van der Waals surface area contributed by atoms with Crippen molar-refractivity contribution in [2.45, 2.75) is 24.6 Å². The summed E-state index contributed by atoms with van der Waals surface area (Å²) in [6, 6.07) is 0. The highest BCUT2D eigenvalue weighted by Crippen LogP contribution is 2.06. The first-order valence-electron chi connectivity index (χ1n) is 5.89. The standard InChI is InChI=1S/C11H23ClN2O/c1-15-10-11(12)9-13-5-4-8-14-6-2-3-7-14/h11,13H,2-10H2,1H3. The normalized spacial score (nSPS) is 19.6. The SMILES string of the molecule is COCC(Cl)CNCCCN1CCCC1. The van der Waals surface area contributed by atoms with E-state index in [0.29, 0.717) is 6.61 Å². The van der Waals surface area contributed by atoms with Gasteiger partial charge in [-0.3, -0.25) is 0 Å². The number of halogens is 1. The van der Waals surface area contributed by atoms with Crippen molar-refractivity contribution in [3.63, 3.8) is 0 Å². The van der Waals surface area contributed by atoms with Crippen LogP contribution in [0.4, 0.5) is 0 Å². The minimum atomic E-state index is 0.0989. The Labute approximate surface area is 98.1 Å². The van der Waals surface area contributed by atoms with E-state index in [-0.39, 0.29) is 5.38 Å². The first-order chi connectivity index (χ1) is 7.33. The largest absolute Gasteiger partial charge is 0.383 e. The fraction of sp³-hybridized carbons (Fsp3) is 1.00. The summed E-state index contributed by atoms with van der Waals surface area (Å²) in [6.45, 7) is 6.34. The molecule has 1 heterocycles. The molecule has 1 rings (SSSR count). The van der Waals surface area contributed by atoms with Gasteiger partial charge in [0, 0.05) is 13.7 Å². The maximum absolute atomic E-state index is 5.99. The van der Waals surface area contributed by atoms with Crippen molar-refractivity contribution in [1.29, 1.82) is 0 Å². The lowest BCUT2D eigenvalue weighted by Gasteiger charge is -2.15. The molecule has 0 aliphatic carbocycles. The maximum Gasteiger partial charge on any atom is 0.0693 e. The molecule has 0 saturated carbocycles. The zero-order chi connectivity index (χ0) is 10.9. The Kier molecular flexibility index (Phi) is 7.36. The molecule has 0 aromatic carbocycles. The van der Waals surface area contributed by atoms with Gasteiger partial charge < -0.3 is 15.0 Å². The third kappa shape index (κ3) is 6.36. The van der Waals surface area contributed by atoms with Gasteiger partial charge in [-0.25, -0.2) is 0 Å². The molecule has 1 aliphatic rings. The molecule has 3 nitrogen and oxygen atoms in total. The predicted molar refractivity (Wildman–Crippen MR) is 64.7 cm³/mol. The van der Waals surface area contributed by atoms with Crippen molar-refractivity contribution in [2.75, 3.05) is 46.4 Å². The Balaban J connectivity index is 1.84. The van der Waals surface area contributed by atoms with Crippen LogP contribution in [-0.2, 0) is 4.74 Å². The van der Waals surface area contributed by atoms with E-state index in [9.17, 15) is 0 Å². The second kappa shape index (κ2) is 8.34. The van der Waals surface area contributed by atoms with Crippen molar-refractivity contribution in [2.24, 2.45) is 0 Å². The molecule has 0 amide bonds. The first kappa shape index (κ1) is 13.2. The maximum atomic E-state index is 5.99. The molecule has 4 heteroatoms. The summed E-state index contributed by atoms with van der Waals surface area (Å²) in [7, 11) is 1.68. The summed E-state index contributed by atoms with van der Waals surface area (Å²) < 4.78 is 4.96. The quantitative estimate of drug-likeness (QED) is 0.507. The van der Waals surface area contributed by atoms with Gasteiger partial charge in [0.05, 0.1) is 12.0 Å². The van der Waals surface area contributed by atoms with Gasteiger partial charge in [-0.2, -0.15) is 0 Å². The van der Waals surface area contributed by atoms with Crippen LogP contribution in [-0.4, -0.2) is 56.7 Å². The number of rotatable bonds is 8. The fourth-order valence-electron chi connectivity index (χ4n) is 1.93. The molecular formula is C11H23ClN2O. The van der Waals surface area contributed by atoms with Gasteiger partial charge in [-0.05, 0) is 45.4 Å². The van der Waals surface area contributed by atoms with E-state index >= 15 is 0 Å². The number of methoxy groups -OCH3 is 1. The predicted octanol–water partition coefficient (Wildman–Crippen LogP) is 1.32. The van der Waals surface area contributed by atoms with Gasteiger partial charge in [-0.1, -0.05) is 0 Å². The molecule has 0 radical (unpaired) electrons. The number of ether oxygens (including phenoxy) is 1. The third-order valence-corrected chi connectivity index (χ3v) is 3.02. The highest BCUT2D eigenvalue weighted by Gasteiger charge is 2.10. The summed E-state index contributed by atoms with van der Waals surface area (Å²) in [4.78, 5) is 2.54. The molecule has 0 aromatic heterocycles. The molecule has 0 spiro atoms. The monoisotopic (exact) mass is 234 g/mol. The first-order valence-corrected chi connectivity index (χ1v) is 6.32. The van der Waals surface area contributed by atoms with Gasteiger partial charge >= 0.3 is 0 Å². The minimum Gasteiger partial charge on any atom is -0.383 e. The van der Waals surface area contributed by atoms with Crippen LogP contribution < -0.4 is 5.32 Å². The topological polar surface area (TPSA) is 24.5 Å². The number of likely N-dealkylation sites (tertiary alicyclic amines) is 1. The number of hydrogen-bond acceptors (Lipinski definition) is 3. The Hall–Kier alpha value is 0.170. The highest BCUT2D eigenvalue weighted by atomic mass is 35.5. The fourth-order valence-corrected chi connectivity index (χ4v) is 2.17. The van der Waals surface area contributed by atoms with Crippen molar-refractivity contribution < 1.29 is 4.74 Å². The van der Waals surface area contributed by atoms with Crippen molar-refractivity contribution in [3.8, 4) is 0 Å². The van der Waals surface area contributed by atoms with Gasteiger partial charge in [0.2, 0.25) is 0 Å². The molecule has 1 fully saturated rings. The molecule has 0 bridgehead atoms. The Morgan fingerprint density at radius 3 is 2.80 bits per heavy atom. The lowest BCUT2D eigenvalue weighted by atomic mass is 10.3. The lowest BCUT2D eigenvalue weighted by Crippen LogP contribution is -2.29. The van der Waals surface area contributed by atoms with Crippen molar-refractivity contribution in [1.82, 2.24) is 10.2 Å². The molecule has 1 atom stereocenters.